The number of hydrogen-bond acceptors (Lipinski definition) is 2. The van der Waals surface area contributed by atoms with Gasteiger partial charge in [-0.3, -0.25) is 4.79 Å². The molecule has 4 heteroatoms. The first-order chi connectivity index (χ1) is 8.75. The van der Waals surface area contributed by atoms with Crippen LogP contribution in [0.4, 0.5) is 0 Å². The summed E-state index contributed by atoms with van der Waals surface area (Å²) in [6.45, 7) is 0.717. The van der Waals surface area contributed by atoms with Crippen LogP contribution in [0.1, 0.15) is 19.3 Å². The van der Waals surface area contributed by atoms with Crippen molar-refractivity contribution in [3.63, 3.8) is 0 Å². The monoisotopic (exact) mass is 267 g/mol. The Morgan fingerprint density at radius 1 is 1.33 bits per heavy atom. The minimum absolute atomic E-state index is 0.0592. The van der Waals surface area contributed by atoms with E-state index in [-0.39, 0.29) is 17.9 Å². The maximum Gasteiger partial charge on any atom is 0.257 e. The van der Waals surface area contributed by atoms with Crippen LogP contribution in [0.15, 0.2) is 30.3 Å². The maximum atomic E-state index is 11.6. The van der Waals surface area contributed by atoms with E-state index in [1.54, 1.807) is 0 Å². The summed E-state index contributed by atoms with van der Waals surface area (Å²) in [6, 6.07) is 9.33. The summed E-state index contributed by atoms with van der Waals surface area (Å²) in [5, 5.41) is 3.09. The number of para-hydroxylation sites is 1. The first kappa shape index (κ1) is 13.2. The van der Waals surface area contributed by atoms with Gasteiger partial charge in [-0.1, -0.05) is 24.6 Å². The molecule has 1 aromatic carbocycles. The molecule has 1 fully saturated rings. The van der Waals surface area contributed by atoms with Gasteiger partial charge < -0.3 is 10.1 Å². The quantitative estimate of drug-likeness (QED) is 0.833. The van der Waals surface area contributed by atoms with E-state index < -0.39 is 0 Å². The fourth-order valence-corrected chi connectivity index (χ4v) is 2.55. The van der Waals surface area contributed by atoms with E-state index in [0.717, 1.165) is 19.3 Å². The molecule has 1 aromatic rings. The minimum atomic E-state index is -0.0883. The Hall–Kier alpha value is -1.22. The summed E-state index contributed by atoms with van der Waals surface area (Å²) in [7, 11) is 0. The average molecular weight is 268 g/mol. The van der Waals surface area contributed by atoms with Crippen LogP contribution in [0.2, 0.25) is 0 Å². The van der Waals surface area contributed by atoms with E-state index in [4.69, 9.17) is 16.3 Å². The van der Waals surface area contributed by atoms with Crippen molar-refractivity contribution in [2.45, 2.75) is 24.6 Å². The predicted molar refractivity (Wildman–Crippen MR) is 71.9 cm³/mol. The Morgan fingerprint density at radius 2 is 2.11 bits per heavy atom. The lowest BCUT2D eigenvalue weighted by molar-refractivity contribution is -0.123. The Bertz CT molecular complexity index is 383. The SMILES string of the molecule is O=C(COc1ccccc1)NCC1CCCC1Cl. The number of alkyl halides is 1. The molecule has 0 heterocycles. The van der Waals surface area contributed by atoms with Crippen molar-refractivity contribution in [3.8, 4) is 5.75 Å². The number of ether oxygens (including phenoxy) is 1. The highest BCUT2D eigenvalue weighted by Gasteiger charge is 2.25. The molecule has 0 spiro atoms. The zero-order chi connectivity index (χ0) is 12.8. The number of nitrogens with one attached hydrogen (secondary N) is 1. The number of carbonyl (C=O) groups excluding carboxylic acids is 1. The van der Waals surface area contributed by atoms with Crippen molar-refractivity contribution >= 4 is 17.5 Å². The van der Waals surface area contributed by atoms with Crippen LogP contribution in [0.25, 0.3) is 0 Å². The van der Waals surface area contributed by atoms with Crippen LogP contribution in [0.5, 0.6) is 5.75 Å². The number of halogens is 1. The van der Waals surface area contributed by atoms with Crippen LogP contribution in [-0.4, -0.2) is 24.4 Å². The first-order valence-corrected chi connectivity index (χ1v) is 6.78. The summed E-state index contributed by atoms with van der Waals surface area (Å²) in [4.78, 5) is 11.6. The molecule has 1 N–H and O–H groups in total. The second-order valence-electron chi connectivity index (χ2n) is 4.61. The number of rotatable bonds is 5. The first-order valence-electron chi connectivity index (χ1n) is 6.34. The van der Waals surface area contributed by atoms with Crippen molar-refractivity contribution in [3.05, 3.63) is 30.3 Å². The average Bonchev–Trinajstić information content (AvgIpc) is 2.81. The summed E-state index contributed by atoms with van der Waals surface area (Å²) in [5.41, 5.74) is 0. The second kappa shape index (κ2) is 6.64. The lowest BCUT2D eigenvalue weighted by atomic mass is 10.1. The van der Waals surface area contributed by atoms with Crippen molar-refractivity contribution in [1.82, 2.24) is 5.32 Å². The lowest BCUT2D eigenvalue weighted by Crippen LogP contribution is -2.34. The van der Waals surface area contributed by atoms with Crippen molar-refractivity contribution < 1.29 is 9.53 Å². The van der Waals surface area contributed by atoms with Gasteiger partial charge >= 0.3 is 0 Å². The topological polar surface area (TPSA) is 38.3 Å². The number of amides is 1. The Kier molecular flexibility index (Phi) is 4.88. The predicted octanol–water partition coefficient (Wildman–Crippen LogP) is 2.59. The molecule has 0 saturated heterocycles. The summed E-state index contributed by atoms with van der Waals surface area (Å²) >= 11 is 6.15. The van der Waals surface area contributed by atoms with E-state index in [9.17, 15) is 4.79 Å². The smallest absolute Gasteiger partial charge is 0.257 e. The van der Waals surface area contributed by atoms with E-state index >= 15 is 0 Å². The highest BCUT2D eigenvalue weighted by atomic mass is 35.5. The van der Waals surface area contributed by atoms with Gasteiger partial charge in [-0.25, -0.2) is 0 Å². The van der Waals surface area contributed by atoms with Crippen LogP contribution in [0, 0.1) is 5.92 Å². The van der Waals surface area contributed by atoms with Crippen molar-refractivity contribution in [2.24, 2.45) is 5.92 Å². The standard InChI is InChI=1S/C14H18ClNO2/c15-13-8-4-5-11(13)9-16-14(17)10-18-12-6-2-1-3-7-12/h1-3,6-7,11,13H,4-5,8-10H2,(H,16,17). The molecule has 0 aromatic heterocycles. The van der Waals surface area contributed by atoms with E-state index in [1.165, 1.54) is 0 Å². The van der Waals surface area contributed by atoms with E-state index in [2.05, 4.69) is 5.32 Å². The van der Waals surface area contributed by atoms with Gasteiger partial charge in [-0.05, 0) is 30.9 Å². The molecule has 0 radical (unpaired) electrons. The van der Waals surface area contributed by atoms with Gasteiger partial charge in [-0.15, -0.1) is 11.6 Å². The minimum Gasteiger partial charge on any atom is -0.484 e. The number of carbonyl (C=O) groups is 1. The fraction of sp³-hybridized carbons (Fsp3) is 0.500. The molecule has 0 bridgehead atoms. The Balaban J connectivity index is 1.66. The molecule has 2 atom stereocenters. The normalized spacial score (nSPS) is 22.7. The molecule has 1 aliphatic rings. The highest BCUT2D eigenvalue weighted by Crippen LogP contribution is 2.29. The van der Waals surface area contributed by atoms with E-state index in [0.29, 0.717) is 18.2 Å². The molecule has 2 unspecified atom stereocenters. The third-order valence-electron chi connectivity index (χ3n) is 3.24. The Morgan fingerprint density at radius 3 is 2.78 bits per heavy atom. The molecule has 3 nitrogen and oxygen atoms in total. The van der Waals surface area contributed by atoms with Gasteiger partial charge in [0.2, 0.25) is 0 Å². The van der Waals surface area contributed by atoms with Gasteiger partial charge in [0.05, 0.1) is 0 Å². The number of benzene rings is 1. The summed E-state index contributed by atoms with van der Waals surface area (Å²) < 4.78 is 5.36. The molecule has 1 aliphatic carbocycles. The van der Waals surface area contributed by atoms with Crippen LogP contribution >= 0.6 is 11.6 Å². The third kappa shape index (κ3) is 3.91. The van der Waals surface area contributed by atoms with Crippen molar-refractivity contribution in [2.75, 3.05) is 13.2 Å². The molecular weight excluding hydrogens is 250 g/mol. The van der Waals surface area contributed by atoms with Crippen LogP contribution < -0.4 is 10.1 Å². The van der Waals surface area contributed by atoms with Gasteiger partial charge in [-0.2, -0.15) is 0 Å². The molecular formula is C14H18ClNO2. The largest absolute Gasteiger partial charge is 0.484 e. The maximum absolute atomic E-state index is 11.6. The molecule has 18 heavy (non-hydrogen) atoms. The van der Waals surface area contributed by atoms with Gasteiger partial charge in [0, 0.05) is 11.9 Å². The fourth-order valence-electron chi connectivity index (χ4n) is 2.18. The second-order valence-corrected chi connectivity index (χ2v) is 5.17. The summed E-state index contributed by atoms with van der Waals surface area (Å²) in [5.74, 6) is 1.03. The molecule has 1 amide bonds. The molecule has 2 rings (SSSR count). The molecule has 0 aliphatic heterocycles. The van der Waals surface area contributed by atoms with Crippen LogP contribution in [-0.2, 0) is 4.79 Å². The zero-order valence-electron chi connectivity index (χ0n) is 10.3. The molecule has 98 valence electrons. The van der Waals surface area contributed by atoms with Gasteiger partial charge in [0.25, 0.3) is 5.91 Å². The van der Waals surface area contributed by atoms with Crippen molar-refractivity contribution in [1.29, 1.82) is 0 Å². The van der Waals surface area contributed by atoms with E-state index in [1.807, 2.05) is 30.3 Å². The van der Waals surface area contributed by atoms with Crippen LogP contribution in [0.3, 0.4) is 0 Å². The third-order valence-corrected chi connectivity index (χ3v) is 3.82. The highest BCUT2D eigenvalue weighted by molar-refractivity contribution is 6.20. The number of hydrogen-bond donors (Lipinski definition) is 1. The zero-order valence-corrected chi connectivity index (χ0v) is 11.0. The van der Waals surface area contributed by atoms with Gasteiger partial charge in [0.15, 0.2) is 6.61 Å². The Labute approximate surface area is 112 Å². The molecule has 1 saturated carbocycles. The van der Waals surface area contributed by atoms with Gasteiger partial charge in [0.1, 0.15) is 5.75 Å². The lowest BCUT2D eigenvalue weighted by Gasteiger charge is -2.14. The summed E-state index contributed by atoms with van der Waals surface area (Å²) in [6.07, 6.45) is 3.33.